The number of aliphatic hydroxyl groups excluding tert-OH is 2. The Morgan fingerprint density at radius 1 is 0.450 bits per heavy atom. The lowest BCUT2D eigenvalue weighted by Crippen LogP contribution is -2.24. The summed E-state index contributed by atoms with van der Waals surface area (Å²) in [5.41, 5.74) is 10.5. The molecule has 3 aromatic heterocycles. The van der Waals surface area contributed by atoms with Crippen LogP contribution in [-0.4, -0.2) is 41.7 Å². The molecule has 9 rings (SSSR count). The first-order valence-electron chi connectivity index (χ1n) is 20.0. The lowest BCUT2D eigenvalue weighted by atomic mass is 9.79. The molecule has 0 amide bonds. The monoisotopic (exact) mass is 788 g/mol. The number of ketones is 2. The van der Waals surface area contributed by atoms with Crippen LogP contribution in [0, 0.1) is 10.8 Å². The molecule has 0 radical (unpaired) electrons. The fourth-order valence-electron chi connectivity index (χ4n) is 8.26. The summed E-state index contributed by atoms with van der Waals surface area (Å²) >= 11 is 0. The van der Waals surface area contributed by atoms with Crippen molar-refractivity contribution in [3.63, 3.8) is 0 Å². The van der Waals surface area contributed by atoms with Crippen molar-refractivity contribution in [3.05, 3.63) is 165 Å². The lowest BCUT2D eigenvalue weighted by Gasteiger charge is -2.24. The number of fused-ring (bicyclic) bond motifs is 8. The number of nitrogens with zero attached hydrogens (tertiary/aromatic N) is 2. The number of hydrogen-bond donors (Lipinski definition) is 4. The van der Waals surface area contributed by atoms with Crippen molar-refractivity contribution in [1.82, 2.24) is 19.9 Å². The third-order valence-electron chi connectivity index (χ3n) is 11.2. The Hall–Kier alpha value is -7.32. The predicted octanol–water partition coefficient (Wildman–Crippen LogP) is 10.3. The van der Waals surface area contributed by atoms with Gasteiger partial charge in [-0.05, 0) is 106 Å². The Kier molecular flexibility index (Phi) is 9.04. The standard InChI is InChI=1S/C52H44N4O4/c1-51(2,3)33-25-31(27-43(57)49(33)59)47-39-21-17-35(53-39)45(29-13-9-7-10-14-29)37-19-23-41(55-37)48(32-26-34(52(4,5)6)50(60)44(58)28-32)42-24-20-38(56-42)46(30-15-11-8-12-16-30)36-18-22-40(47)54-36/h7-28,53,56-58H,1-6H3/b45-37?,46-36?,47-31+,48-32-. The summed E-state index contributed by atoms with van der Waals surface area (Å²) in [6, 6.07) is 28.1. The predicted molar refractivity (Wildman–Crippen MR) is 242 cm³/mol. The molecule has 8 nitrogen and oxygen atoms in total. The second-order valence-corrected chi connectivity index (χ2v) is 17.5. The third-order valence-corrected chi connectivity index (χ3v) is 11.2. The quantitative estimate of drug-likeness (QED) is 0.138. The van der Waals surface area contributed by atoms with Crippen LogP contribution >= 0.6 is 0 Å². The molecule has 0 saturated heterocycles. The number of aromatic nitrogens is 4. The smallest absolute Gasteiger partial charge is 0.223 e. The summed E-state index contributed by atoms with van der Waals surface area (Å²) in [6.07, 6.45) is 14.7. The molecule has 60 heavy (non-hydrogen) atoms. The number of aromatic amines is 2. The minimum absolute atomic E-state index is 0.323. The molecule has 4 N–H and O–H groups in total. The molecule has 296 valence electrons. The molecule has 2 aromatic carbocycles. The number of carbonyl (C=O) groups is 2. The summed E-state index contributed by atoms with van der Waals surface area (Å²) in [6.45, 7) is 11.8. The van der Waals surface area contributed by atoms with E-state index in [0.29, 0.717) is 45.1 Å². The van der Waals surface area contributed by atoms with Crippen LogP contribution in [0.1, 0.15) is 64.3 Å². The Morgan fingerprint density at radius 2 is 0.800 bits per heavy atom. The molecular weight excluding hydrogens is 745 g/mol. The zero-order valence-electron chi connectivity index (χ0n) is 34.3. The normalized spacial score (nSPS) is 17.4. The van der Waals surface area contributed by atoms with Crippen molar-refractivity contribution in [1.29, 1.82) is 0 Å². The number of carbonyl (C=O) groups excluding carboxylic acids is 2. The molecule has 8 heteroatoms. The number of benzene rings is 2. The topological polar surface area (TPSA) is 132 Å². The first-order valence-corrected chi connectivity index (χ1v) is 20.0. The highest BCUT2D eigenvalue weighted by molar-refractivity contribution is 6.13. The van der Waals surface area contributed by atoms with Gasteiger partial charge in [0, 0.05) is 54.8 Å². The van der Waals surface area contributed by atoms with Crippen LogP contribution < -0.4 is 10.4 Å². The molecule has 0 atom stereocenters. The minimum Gasteiger partial charge on any atom is -0.504 e. The van der Waals surface area contributed by atoms with E-state index in [1.807, 2.05) is 163 Å². The summed E-state index contributed by atoms with van der Waals surface area (Å²) in [4.78, 5) is 44.7. The third kappa shape index (κ3) is 6.70. The van der Waals surface area contributed by atoms with Gasteiger partial charge in [0.2, 0.25) is 11.6 Å². The molecule has 0 fully saturated rings. The van der Waals surface area contributed by atoms with Crippen molar-refractivity contribution >= 4 is 69.1 Å². The van der Waals surface area contributed by atoms with Crippen molar-refractivity contribution in [2.75, 3.05) is 0 Å². The number of allylic oxidation sites excluding steroid dienone is 6. The summed E-state index contributed by atoms with van der Waals surface area (Å²) in [5, 5.41) is 23.7. The van der Waals surface area contributed by atoms with Crippen LogP contribution in [0.25, 0.3) is 79.8 Å². The molecule has 4 aliphatic rings. The van der Waals surface area contributed by atoms with Crippen molar-refractivity contribution < 1.29 is 19.8 Å². The van der Waals surface area contributed by atoms with E-state index in [0.717, 1.165) is 54.8 Å². The largest absolute Gasteiger partial charge is 0.504 e. The highest BCUT2D eigenvalue weighted by Gasteiger charge is 2.31. The van der Waals surface area contributed by atoms with Crippen molar-refractivity contribution in [2.24, 2.45) is 10.8 Å². The van der Waals surface area contributed by atoms with E-state index in [1.54, 1.807) is 0 Å². The molecule has 5 heterocycles. The fraction of sp³-hybridized carbons (Fsp3) is 0.154. The van der Waals surface area contributed by atoms with Crippen LogP contribution in [0.2, 0.25) is 0 Å². The van der Waals surface area contributed by atoms with Gasteiger partial charge in [0.15, 0.2) is 11.5 Å². The van der Waals surface area contributed by atoms with Gasteiger partial charge in [0.05, 0.1) is 22.8 Å². The highest BCUT2D eigenvalue weighted by atomic mass is 16.3. The number of H-pyrrole nitrogens is 2. The van der Waals surface area contributed by atoms with Gasteiger partial charge in [-0.3, -0.25) is 9.59 Å². The van der Waals surface area contributed by atoms with Gasteiger partial charge in [-0.25, -0.2) is 9.97 Å². The highest BCUT2D eigenvalue weighted by Crippen LogP contribution is 2.36. The zero-order chi connectivity index (χ0) is 42.1. The molecule has 5 aromatic rings. The van der Waals surface area contributed by atoms with E-state index >= 15 is 0 Å². The van der Waals surface area contributed by atoms with Gasteiger partial charge in [-0.15, -0.1) is 0 Å². The average molecular weight is 789 g/mol. The summed E-state index contributed by atoms with van der Waals surface area (Å²) in [7, 11) is 0. The van der Waals surface area contributed by atoms with Gasteiger partial charge in [-0.1, -0.05) is 102 Å². The van der Waals surface area contributed by atoms with Crippen LogP contribution in [0.15, 0.2) is 132 Å². The minimum atomic E-state index is -0.538. The van der Waals surface area contributed by atoms with E-state index < -0.39 is 22.4 Å². The van der Waals surface area contributed by atoms with E-state index in [-0.39, 0.29) is 11.5 Å². The maximum absolute atomic E-state index is 13.3. The average Bonchev–Trinajstić information content (AvgIpc) is 4.05. The maximum Gasteiger partial charge on any atom is 0.223 e. The second kappa shape index (κ2) is 14.2. The summed E-state index contributed by atoms with van der Waals surface area (Å²) in [5.74, 6) is -1.44. The fourth-order valence-corrected chi connectivity index (χ4v) is 8.26. The first kappa shape index (κ1) is 38.2. The van der Waals surface area contributed by atoms with E-state index in [9.17, 15) is 19.8 Å². The Balaban J connectivity index is 1.53. The molecule has 2 aliphatic heterocycles. The zero-order valence-corrected chi connectivity index (χ0v) is 34.3. The van der Waals surface area contributed by atoms with E-state index in [1.165, 1.54) is 12.2 Å². The molecule has 8 bridgehead atoms. The molecule has 0 unspecified atom stereocenters. The number of nitrogens with one attached hydrogen (secondary N) is 2. The van der Waals surface area contributed by atoms with Crippen LogP contribution in [0.4, 0.5) is 0 Å². The molecule has 0 saturated carbocycles. The van der Waals surface area contributed by atoms with Gasteiger partial charge < -0.3 is 20.2 Å². The molecular formula is C52H44N4O4. The van der Waals surface area contributed by atoms with E-state index in [2.05, 4.69) is 9.97 Å². The SMILES string of the molecule is CC(C)(C)C1=C/C(=c2\c3nc(c(-c4ccccc4)c4ccc([nH]4)/c(=C4\C=C(O)C(=O)C(C(C)(C)C)=C4)c4nc(c(-c5ccccc5)c5ccc2[nH]5)C=C4)C=C3)C=C(O)C1=O. The van der Waals surface area contributed by atoms with Gasteiger partial charge in [-0.2, -0.15) is 0 Å². The maximum atomic E-state index is 13.3. The van der Waals surface area contributed by atoms with Crippen LogP contribution in [0.3, 0.4) is 0 Å². The van der Waals surface area contributed by atoms with Gasteiger partial charge >= 0.3 is 0 Å². The van der Waals surface area contributed by atoms with Gasteiger partial charge in [0.25, 0.3) is 0 Å². The van der Waals surface area contributed by atoms with Crippen molar-refractivity contribution in [3.8, 4) is 22.3 Å². The molecule has 2 aliphatic carbocycles. The Labute approximate surface area is 347 Å². The van der Waals surface area contributed by atoms with Gasteiger partial charge in [0.1, 0.15) is 0 Å². The number of rotatable bonds is 2. The Bertz CT molecular complexity index is 2970. The molecule has 0 spiro atoms. The Morgan fingerprint density at radius 3 is 1.17 bits per heavy atom. The van der Waals surface area contributed by atoms with Crippen LogP contribution in [-0.2, 0) is 9.59 Å². The second-order valence-electron chi connectivity index (χ2n) is 17.5. The number of hydrogen-bond acceptors (Lipinski definition) is 6. The van der Waals surface area contributed by atoms with E-state index in [4.69, 9.17) is 9.97 Å². The lowest BCUT2D eigenvalue weighted by molar-refractivity contribution is -0.116. The first-order chi connectivity index (χ1) is 28.7. The summed E-state index contributed by atoms with van der Waals surface area (Å²) < 4.78 is 0. The van der Waals surface area contributed by atoms with Crippen molar-refractivity contribution in [2.45, 2.75) is 41.5 Å². The van der Waals surface area contributed by atoms with Crippen LogP contribution in [0.5, 0.6) is 0 Å². The number of Topliss-reactive ketones (excluding diaryl/α,β-unsaturated/α-hetero) is 2. The number of aliphatic hydroxyl groups is 2.